The third-order valence-electron chi connectivity index (χ3n) is 7.60. The number of nitrogens with zero attached hydrogens (tertiary/aromatic N) is 3. The van der Waals surface area contributed by atoms with E-state index in [1.165, 1.54) is 11.1 Å². The van der Waals surface area contributed by atoms with Gasteiger partial charge in [-0.15, -0.1) is 23.8 Å². The van der Waals surface area contributed by atoms with Crippen LogP contribution in [0.3, 0.4) is 0 Å². The minimum atomic E-state index is 0. The van der Waals surface area contributed by atoms with Gasteiger partial charge in [-0.25, -0.2) is 4.98 Å². The molecule has 0 unspecified atom stereocenters. The number of benzene rings is 4. The number of aromatic nitrogens is 3. The van der Waals surface area contributed by atoms with Crippen LogP contribution in [0.15, 0.2) is 125 Å². The van der Waals surface area contributed by atoms with Gasteiger partial charge in [0, 0.05) is 50.3 Å². The molecule has 1 N–H and O–H groups in total. The summed E-state index contributed by atoms with van der Waals surface area (Å²) < 4.78 is 0. The Hall–Kier alpha value is -4.05. The van der Waals surface area contributed by atoms with Gasteiger partial charge in [-0.1, -0.05) is 105 Å². The average Bonchev–Trinajstić information content (AvgIpc) is 3.05. The largest absolute Gasteiger partial charge is 0.507 e. The molecule has 6 rings (SSSR count). The summed E-state index contributed by atoms with van der Waals surface area (Å²) in [6.45, 7) is 8.83. The van der Waals surface area contributed by atoms with Gasteiger partial charge in [0.15, 0.2) is 0 Å². The fourth-order valence-corrected chi connectivity index (χ4v) is 5.96. The maximum Gasteiger partial charge on any atom is 0.125 e. The van der Waals surface area contributed by atoms with Gasteiger partial charge in [0.25, 0.3) is 0 Å². The predicted molar refractivity (Wildman–Crippen MR) is 181 cm³/mol. The van der Waals surface area contributed by atoms with Gasteiger partial charge < -0.3 is 5.11 Å². The zero-order valence-corrected chi connectivity index (χ0v) is 28.7. The predicted octanol–water partition coefficient (Wildman–Crippen LogP) is 10.4. The topological polar surface area (TPSA) is 58.9 Å². The number of pyridine rings is 1. The third kappa shape index (κ3) is 7.44. The Morgan fingerprint density at radius 3 is 2.02 bits per heavy atom. The molecule has 0 fully saturated rings. The van der Waals surface area contributed by atoms with E-state index in [1.54, 1.807) is 24.0 Å². The molecule has 0 saturated carbocycles. The van der Waals surface area contributed by atoms with Gasteiger partial charge in [-0.3, -0.25) is 9.97 Å². The maximum atomic E-state index is 11.0. The SMILES string of the molecule is CC(C)c1cc(-c2ncc(-c3[c-]c(Sc4ccccn4)cc(-c4ccccc4)c3)nc2-c2ccccc2O)cc(C(C)C)c1.[Pt]. The number of para-hydroxylation sites is 1. The first-order chi connectivity index (χ1) is 21.4. The molecule has 4 nitrogen and oxygen atoms in total. The number of phenolic OH excluding ortho intramolecular Hbond substituents is 1. The van der Waals surface area contributed by atoms with E-state index in [-0.39, 0.29) is 26.8 Å². The van der Waals surface area contributed by atoms with Crippen LogP contribution in [0.4, 0.5) is 0 Å². The zero-order valence-electron chi connectivity index (χ0n) is 25.6. The Kier molecular flexibility index (Phi) is 10.3. The van der Waals surface area contributed by atoms with Crippen LogP contribution in [-0.4, -0.2) is 20.1 Å². The third-order valence-corrected chi connectivity index (χ3v) is 8.49. The molecule has 6 heteroatoms. The van der Waals surface area contributed by atoms with E-state index < -0.39 is 0 Å². The monoisotopic (exact) mass is 787 g/mol. The average molecular weight is 788 g/mol. The first-order valence-corrected chi connectivity index (χ1v) is 15.7. The molecule has 45 heavy (non-hydrogen) atoms. The number of aromatic hydroxyl groups is 1. The maximum absolute atomic E-state index is 11.0. The molecule has 2 aromatic heterocycles. The molecule has 0 aliphatic rings. The summed E-state index contributed by atoms with van der Waals surface area (Å²) in [6.07, 6.45) is 3.62. The standard InChI is InChI=1S/C39H34N3OS.Pt/c1-25(2)28-18-29(26(3)4)20-32(19-28)38-39(34-14-8-9-15-36(34)43)42-35(24-41-38)31-21-30(27-12-6-5-7-13-27)22-33(23-31)44-37-16-10-11-17-40-37;/h5-22,24-26,43H,1-4H3;/q-1;. The van der Waals surface area contributed by atoms with Crippen LogP contribution in [0, 0.1) is 6.07 Å². The van der Waals surface area contributed by atoms with Crippen molar-refractivity contribution in [2.24, 2.45) is 0 Å². The van der Waals surface area contributed by atoms with E-state index in [4.69, 9.17) is 9.97 Å². The molecule has 228 valence electrons. The van der Waals surface area contributed by atoms with E-state index in [9.17, 15) is 5.11 Å². The van der Waals surface area contributed by atoms with Gasteiger partial charge in [0.05, 0.1) is 16.4 Å². The summed E-state index contributed by atoms with van der Waals surface area (Å²) in [7, 11) is 0. The fourth-order valence-electron chi connectivity index (χ4n) is 5.13. The van der Waals surface area contributed by atoms with E-state index in [0.717, 1.165) is 37.9 Å². The number of rotatable bonds is 8. The van der Waals surface area contributed by atoms with Gasteiger partial charge in [-0.05, 0) is 64.9 Å². The molecule has 0 bridgehead atoms. The summed E-state index contributed by atoms with van der Waals surface area (Å²) >= 11 is 1.56. The van der Waals surface area contributed by atoms with Gasteiger partial charge in [0.1, 0.15) is 5.75 Å². The summed E-state index contributed by atoms with van der Waals surface area (Å²) in [5.41, 5.74) is 9.15. The quantitative estimate of drug-likeness (QED) is 0.156. The Morgan fingerprint density at radius 1 is 0.667 bits per heavy atom. The Morgan fingerprint density at radius 2 is 1.36 bits per heavy atom. The summed E-state index contributed by atoms with van der Waals surface area (Å²) in [6, 6.07) is 38.0. The normalized spacial score (nSPS) is 11.1. The molecule has 4 aromatic carbocycles. The van der Waals surface area contributed by atoms with E-state index in [1.807, 2.05) is 60.8 Å². The van der Waals surface area contributed by atoms with Crippen molar-refractivity contribution in [3.05, 3.63) is 133 Å². The molecule has 6 aromatic rings. The number of hydrogen-bond donors (Lipinski definition) is 1. The number of phenols is 1. The van der Waals surface area contributed by atoms with Crippen molar-refractivity contribution >= 4 is 11.8 Å². The van der Waals surface area contributed by atoms with Gasteiger partial charge >= 0.3 is 0 Å². The fraction of sp³-hybridized carbons (Fsp3) is 0.154. The van der Waals surface area contributed by atoms with Crippen LogP contribution in [0.5, 0.6) is 5.75 Å². The molecule has 0 aliphatic heterocycles. The minimum absolute atomic E-state index is 0. The van der Waals surface area contributed by atoms with Crippen molar-refractivity contribution < 1.29 is 26.2 Å². The molecule has 0 aliphatic carbocycles. The van der Waals surface area contributed by atoms with E-state index in [2.05, 4.69) is 81.2 Å². The Balaban J connectivity index is 0.00000400. The summed E-state index contributed by atoms with van der Waals surface area (Å²) in [5, 5.41) is 11.9. The summed E-state index contributed by atoms with van der Waals surface area (Å²) in [4.78, 5) is 15.7. The molecule has 0 atom stereocenters. The molecule has 2 heterocycles. The van der Waals surface area contributed by atoms with Crippen LogP contribution in [0.1, 0.15) is 50.7 Å². The van der Waals surface area contributed by atoms with Crippen LogP contribution in [0.2, 0.25) is 0 Å². The molecule has 0 radical (unpaired) electrons. The molecular weight excluding hydrogens is 754 g/mol. The van der Waals surface area contributed by atoms with Gasteiger partial charge in [0.2, 0.25) is 0 Å². The summed E-state index contributed by atoms with van der Waals surface area (Å²) in [5.74, 6) is 0.884. The van der Waals surface area contributed by atoms with Crippen molar-refractivity contribution in [2.75, 3.05) is 0 Å². The van der Waals surface area contributed by atoms with Gasteiger partial charge in [-0.2, -0.15) is 0 Å². The van der Waals surface area contributed by atoms with Crippen molar-refractivity contribution in [1.29, 1.82) is 0 Å². The van der Waals surface area contributed by atoms with Crippen molar-refractivity contribution in [3.8, 4) is 50.6 Å². The molecular formula is C39H34N3OPtS-. The van der Waals surface area contributed by atoms with Crippen LogP contribution < -0.4 is 0 Å². The second kappa shape index (κ2) is 14.4. The van der Waals surface area contributed by atoms with Crippen molar-refractivity contribution in [1.82, 2.24) is 15.0 Å². The second-order valence-electron chi connectivity index (χ2n) is 11.5. The van der Waals surface area contributed by atoms with Crippen LogP contribution in [0.25, 0.3) is 44.9 Å². The number of hydrogen-bond acceptors (Lipinski definition) is 5. The first kappa shape index (κ1) is 32.3. The van der Waals surface area contributed by atoms with E-state index >= 15 is 0 Å². The van der Waals surface area contributed by atoms with Crippen LogP contribution in [-0.2, 0) is 21.1 Å². The van der Waals surface area contributed by atoms with E-state index in [0.29, 0.717) is 28.8 Å². The van der Waals surface area contributed by atoms with Crippen molar-refractivity contribution in [3.63, 3.8) is 0 Å². The van der Waals surface area contributed by atoms with Crippen LogP contribution >= 0.6 is 11.8 Å². The minimum Gasteiger partial charge on any atom is -0.507 e. The Labute approximate surface area is 284 Å². The second-order valence-corrected chi connectivity index (χ2v) is 12.5. The smallest absolute Gasteiger partial charge is 0.125 e. The first-order valence-electron chi connectivity index (χ1n) is 14.9. The molecule has 0 saturated heterocycles. The molecule has 0 amide bonds. The zero-order chi connectivity index (χ0) is 30.6. The molecule has 0 spiro atoms. The van der Waals surface area contributed by atoms with Crippen molar-refractivity contribution in [2.45, 2.75) is 49.5 Å². The Bertz CT molecular complexity index is 1880.